The highest BCUT2D eigenvalue weighted by Gasteiger charge is 2.41. The Hall–Kier alpha value is -4.70. The van der Waals surface area contributed by atoms with Gasteiger partial charge in [0.1, 0.15) is 23.9 Å². The monoisotopic (exact) mass is 842 g/mol. The number of likely N-dealkylation sites (N-methyl/N-ethyl adjacent to an activating group) is 1. The van der Waals surface area contributed by atoms with Gasteiger partial charge in [-0.2, -0.15) is 0 Å². The topological polar surface area (TPSA) is 151 Å². The van der Waals surface area contributed by atoms with Crippen molar-refractivity contribution in [1.82, 2.24) is 40.1 Å². The van der Waals surface area contributed by atoms with E-state index >= 15 is 0 Å². The van der Waals surface area contributed by atoms with Gasteiger partial charge in [0.15, 0.2) is 0 Å². The fourth-order valence-electron chi connectivity index (χ4n) is 8.62. The van der Waals surface area contributed by atoms with Crippen molar-refractivity contribution < 1.29 is 28.7 Å². The fraction of sp³-hybridized carbons (Fsp3) is 0.556. The van der Waals surface area contributed by atoms with E-state index in [0.717, 1.165) is 57.5 Å². The first-order valence-corrected chi connectivity index (χ1v) is 21.9. The minimum absolute atomic E-state index is 0.0513. The maximum absolute atomic E-state index is 14.6. The third-order valence-electron chi connectivity index (χ3n) is 11.9. The summed E-state index contributed by atoms with van der Waals surface area (Å²) < 4.78 is 14.6. The largest absolute Gasteiger partial charge is 0.378 e. The van der Waals surface area contributed by atoms with E-state index in [1.165, 1.54) is 26.1 Å². The Bertz CT molecular complexity index is 2200. The first kappa shape index (κ1) is 44.8. The van der Waals surface area contributed by atoms with Crippen LogP contribution in [-0.4, -0.2) is 119 Å². The highest BCUT2D eigenvalue weighted by Crippen LogP contribution is 2.42. The number of nitrogens with one attached hydrogen (secondary N) is 2. The summed E-state index contributed by atoms with van der Waals surface area (Å²) in [5.74, 6) is -1.09. The van der Waals surface area contributed by atoms with Gasteiger partial charge in [0.2, 0.25) is 5.91 Å². The molecule has 2 N–H and O–H groups in total. The van der Waals surface area contributed by atoms with Gasteiger partial charge in [-0.05, 0) is 81.2 Å². The Balaban J connectivity index is 1.47. The number of methoxy groups -OCH3 is 1. The normalized spacial score (nSPS) is 20.7. The second kappa shape index (κ2) is 18.5. The van der Waals surface area contributed by atoms with Gasteiger partial charge in [-0.1, -0.05) is 33.8 Å². The van der Waals surface area contributed by atoms with E-state index in [1.807, 2.05) is 39.1 Å². The Kier molecular flexibility index (Phi) is 13.8. The molecule has 2 aliphatic heterocycles. The molecular formula is C45H62N8O6S. The molecule has 4 aromatic rings. The maximum Gasteiger partial charge on any atom is 0.320 e. The van der Waals surface area contributed by atoms with Crippen LogP contribution in [0.2, 0.25) is 0 Å². The van der Waals surface area contributed by atoms with Crippen LogP contribution in [0, 0.1) is 11.3 Å². The molecule has 4 atom stereocenters. The molecule has 0 unspecified atom stereocenters. The number of amides is 4. The lowest BCUT2D eigenvalue weighted by Crippen LogP contribution is -2.66. The Morgan fingerprint density at radius 2 is 1.93 bits per heavy atom. The van der Waals surface area contributed by atoms with Crippen molar-refractivity contribution in [2.24, 2.45) is 11.3 Å². The molecule has 6 rings (SSSR count). The number of fused-ring (bicyclic) bond motifs is 6. The Morgan fingerprint density at radius 3 is 2.62 bits per heavy atom. The average molecular weight is 843 g/mol. The van der Waals surface area contributed by atoms with Crippen molar-refractivity contribution in [1.29, 1.82) is 0 Å². The van der Waals surface area contributed by atoms with Gasteiger partial charge in [-0.25, -0.2) is 15.2 Å². The van der Waals surface area contributed by atoms with E-state index in [-0.39, 0.29) is 36.5 Å². The van der Waals surface area contributed by atoms with Crippen LogP contribution >= 0.6 is 11.3 Å². The zero-order valence-electron chi connectivity index (χ0n) is 36.8. The summed E-state index contributed by atoms with van der Waals surface area (Å²) in [5.41, 5.74) is 8.56. The Morgan fingerprint density at radius 1 is 1.17 bits per heavy atom. The standard InChI is InChI=1S/C45H62N8O6S/c1-11-50(8)43(57)51(9)39(28(3)4)41(55)48-34-22-37-47-35(24-60-37)30-16-17-36-32(21-30)33(40(52(36)12-2)31-15-13-19-46-38(31)29(5)58-10)23-44(6,7)26-59-27-45(25-54)18-14-20-53(49-45)42(34)56/h13,15-17,19,21,24-25,28-29,34,39,49H,11-12,14,18,20,22-23,26-27H2,1-10H3,(H,48,55)/t29-,34-,39-,45-/m0/s1. The number of pyridine rings is 1. The highest BCUT2D eigenvalue weighted by atomic mass is 32.1. The van der Waals surface area contributed by atoms with Crippen LogP contribution in [0.1, 0.15) is 83.7 Å². The molecule has 6 bridgehead atoms. The SMILES string of the molecule is CCN(C)C(=O)N(C)[C@H](C(=O)N[C@H]1Cc2nc(cs2)-c2ccc3c(c2)c(c(-c2cccnc2[C@H](C)OC)n3CC)CC(C)(C)COC[C@@]2(C=O)CCCN(N2)C1=O)C(C)C. The second-order valence-corrected chi connectivity index (χ2v) is 18.4. The van der Waals surface area contributed by atoms with Gasteiger partial charge < -0.3 is 34.0 Å². The van der Waals surface area contributed by atoms with Crippen LogP contribution in [0.25, 0.3) is 33.4 Å². The van der Waals surface area contributed by atoms with E-state index in [1.54, 1.807) is 27.4 Å². The molecule has 1 saturated heterocycles. The number of hydrogen-bond acceptors (Lipinski definition) is 10. The Labute approximate surface area is 358 Å². The molecule has 15 heteroatoms. The van der Waals surface area contributed by atoms with Gasteiger partial charge in [-0.15, -0.1) is 11.3 Å². The predicted octanol–water partition coefficient (Wildman–Crippen LogP) is 6.27. The molecule has 3 aromatic heterocycles. The third kappa shape index (κ3) is 9.14. The number of hydrogen-bond donors (Lipinski definition) is 2. The van der Waals surface area contributed by atoms with E-state index in [0.29, 0.717) is 44.0 Å². The minimum Gasteiger partial charge on any atom is -0.378 e. The fourth-order valence-corrected chi connectivity index (χ4v) is 9.47. The molecule has 5 heterocycles. The van der Waals surface area contributed by atoms with E-state index < -0.39 is 29.4 Å². The molecule has 1 fully saturated rings. The number of thiazole rings is 1. The van der Waals surface area contributed by atoms with Crippen molar-refractivity contribution in [3.63, 3.8) is 0 Å². The van der Waals surface area contributed by atoms with E-state index in [9.17, 15) is 19.2 Å². The molecule has 0 aliphatic carbocycles. The van der Waals surface area contributed by atoms with Crippen molar-refractivity contribution in [3.05, 3.63) is 58.2 Å². The van der Waals surface area contributed by atoms with Crippen LogP contribution in [0.15, 0.2) is 41.9 Å². The van der Waals surface area contributed by atoms with Gasteiger partial charge in [0.25, 0.3) is 5.91 Å². The van der Waals surface area contributed by atoms with Crippen LogP contribution in [0.5, 0.6) is 0 Å². The zero-order valence-corrected chi connectivity index (χ0v) is 37.6. The number of aldehydes is 1. The molecule has 0 radical (unpaired) electrons. The van der Waals surface area contributed by atoms with Crippen molar-refractivity contribution in [2.75, 3.05) is 47.5 Å². The lowest BCUT2D eigenvalue weighted by Gasteiger charge is -2.42. The molecule has 14 nitrogen and oxygen atoms in total. The zero-order chi connectivity index (χ0) is 43.5. The van der Waals surface area contributed by atoms with Crippen molar-refractivity contribution in [3.8, 4) is 22.5 Å². The summed E-state index contributed by atoms with van der Waals surface area (Å²) in [5, 5.41) is 8.21. The quantitative estimate of drug-likeness (QED) is 0.176. The second-order valence-electron chi connectivity index (χ2n) is 17.4. The number of hydrazine groups is 1. The van der Waals surface area contributed by atoms with Gasteiger partial charge >= 0.3 is 6.03 Å². The summed E-state index contributed by atoms with van der Waals surface area (Å²) in [7, 11) is 4.99. The molecule has 60 heavy (non-hydrogen) atoms. The predicted molar refractivity (Wildman–Crippen MR) is 234 cm³/mol. The van der Waals surface area contributed by atoms with E-state index in [4.69, 9.17) is 19.4 Å². The van der Waals surface area contributed by atoms with Gasteiger partial charge in [-0.3, -0.25) is 19.6 Å². The summed E-state index contributed by atoms with van der Waals surface area (Å²) in [6.45, 7) is 16.0. The number of aromatic nitrogens is 3. The van der Waals surface area contributed by atoms with Crippen molar-refractivity contribution >= 4 is 46.4 Å². The van der Waals surface area contributed by atoms with Crippen LogP contribution in [0.4, 0.5) is 4.79 Å². The third-order valence-corrected chi connectivity index (χ3v) is 12.8. The number of carbonyl (C=O) groups is 4. The first-order valence-electron chi connectivity index (χ1n) is 21.1. The van der Waals surface area contributed by atoms with Crippen LogP contribution < -0.4 is 10.7 Å². The number of urea groups is 1. The molecule has 1 aromatic carbocycles. The number of nitrogens with zero attached hydrogens (tertiary/aromatic N) is 6. The van der Waals surface area contributed by atoms with Crippen molar-refractivity contribution in [2.45, 2.75) is 104 Å². The van der Waals surface area contributed by atoms with Gasteiger partial charge in [0, 0.05) is 80.9 Å². The number of aryl methyl sites for hydroxylation is 1. The number of ether oxygens (including phenoxy) is 2. The lowest BCUT2D eigenvalue weighted by molar-refractivity contribution is -0.147. The van der Waals surface area contributed by atoms with E-state index in [2.05, 4.69) is 60.3 Å². The summed E-state index contributed by atoms with van der Waals surface area (Å²) in [6, 6.07) is 8.34. The lowest BCUT2D eigenvalue weighted by atomic mass is 9.84. The smallest absolute Gasteiger partial charge is 0.320 e. The minimum atomic E-state index is -1.16. The first-order chi connectivity index (χ1) is 28.6. The highest BCUT2D eigenvalue weighted by molar-refractivity contribution is 7.10. The molecule has 4 amide bonds. The summed E-state index contributed by atoms with van der Waals surface area (Å²) in [4.78, 5) is 67.9. The molecule has 2 aliphatic rings. The number of benzene rings is 1. The molecule has 0 saturated carbocycles. The maximum atomic E-state index is 14.6. The number of carbonyl (C=O) groups excluding carboxylic acids is 4. The molecule has 324 valence electrons. The number of rotatable bonds is 10. The van der Waals surface area contributed by atoms with Crippen LogP contribution in [-0.2, 0) is 43.2 Å². The molecule has 0 spiro atoms. The molecular weight excluding hydrogens is 781 g/mol. The average Bonchev–Trinajstić information content (AvgIpc) is 3.83. The summed E-state index contributed by atoms with van der Waals surface area (Å²) in [6.07, 6.45) is 4.20. The summed E-state index contributed by atoms with van der Waals surface area (Å²) >= 11 is 1.42. The van der Waals surface area contributed by atoms with Crippen LogP contribution in [0.3, 0.4) is 0 Å². The van der Waals surface area contributed by atoms with Gasteiger partial charge in [0.05, 0.1) is 41.4 Å².